The first kappa shape index (κ1) is 67.5. The van der Waals surface area contributed by atoms with E-state index in [1.807, 2.05) is 91.8 Å². The van der Waals surface area contributed by atoms with Crippen LogP contribution < -0.4 is 0 Å². The van der Waals surface area contributed by atoms with Gasteiger partial charge in [-0.25, -0.2) is 29.9 Å². The van der Waals surface area contributed by atoms with Crippen LogP contribution in [-0.4, -0.2) is 59.8 Å². The summed E-state index contributed by atoms with van der Waals surface area (Å²) in [6.45, 7) is 0. The fourth-order valence-corrected chi connectivity index (χ4v) is 17.1. The van der Waals surface area contributed by atoms with Gasteiger partial charge in [-0.1, -0.05) is 224 Å². The second-order valence-electron chi connectivity index (χ2n) is 29.9. The molecule has 12 nitrogen and oxygen atoms in total. The van der Waals surface area contributed by atoms with Crippen molar-refractivity contribution in [3.8, 4) is 101 Å². The first-order chi connectivity index (χ1) is 58.4. The summed E-state index contributed by atoms with van der Waals surface area (Å²) in [7, 11) is 0. The Bertz CT molecular complexity index is 8280. The molecule has 12 aromatic carbocycles. The van der Waals surface area contributed by atoms with Gasteiger partial charge in [-0.05, 0) is 159 Å². The van der Waals surface area contributed by atoms with Crippen LogP contribution in [0.3, 0.4) is 0 Å². The topological polar surface area (TPSA) is 155 Å². The number of benzene rings is 12. The van der Waals surface area contributed by atoms with Crippen LogP contribution in [0.1, 0.15) is 0 Å². The smallest absolute Gasteiger partial charge is 0.0972 e. The Kier molecular flexibility index (Phi) is 16.0. The predicted octanol–water partition coefficient (Wildman–Crippen LogP) is 26.1. The molecule has 0 aliphatic rings. The maximum atomic E-state index is 5.32. The van der Waals surface area contributed by atoms with Gasteiger partial charge in [0.1, 0.15) is 0 Å². The van der Waals surface area contributed by atoms with Crippen molar-refractivity contribution in [2.24, 2.45) is 0 Å². The van der Waals surface area contributed by atoms with Gasteiger partial charge in [0, 0.05) is 135 Å². The highest BCUT2D eigenvalue weighted by molar-refractivity contribution is 6.14. The van der Waals surface area contributed by atoms with Gasteiger partial charge in [0.2, 0.25) is 0 Å². The number of hydrogen-bond donors (Lipinski definition) is 0. The molecule has 0 N–H and O–H groups in total. The average Bonchev–Trinajstić information content (AvgIpc) is 0.772. The van der Waals surface area contributed by atoms with Crippen molar-refractivity contribution in [3.63, 3.8) is 0 Å². The quantitative estimate of drug-likeness (QED) is 0.126. The summed E-state index contributed by atoms with van der Waals surface area (Å²) in [4.78, 5) is 59.3. The Morgan fingerprint density at radius 3 is 0.949 bits per heavy atom. The van der Waals surface area contributed by atoms with Gasteiger partial charge in [0.05, 0.1) is 100 Å². The molecule has 0 saturated heterocycles. The molecule has 118 heavy (non-hydrogen) atoms. The summed E-state index contributed by atoms with van der Waals surface area (Å²) in [6.07, 6.45) is 10.9. The summed E-state index contributed by atoms with van der Waals surface area (Å²) in [5.74, 6) is 0. The lowest BCUT2D eigenvalue weighted by molar-refractivity contribution is 1.36. The molecular weight excluding hydrogens is 1440 g/mol. The van der Waals surface area contributed by atoms with Gasteiger partial charge in [-0.15, -0.1) is 0 Å². The molecule has 0 spiro atoms. The SMILES string of the molecule is c1ccc(-c2ccc3ccc4ccc(-c5ccc(-c6ccc7ccc(-c8ccc9ccc(-c%10cc%11cccnc%11c%11ncccc%10%11)nc9c8)nc7c6)c6ccccc56)nc4c3n2)cc1.c1cnc2c(c1)cc(-c1ccc(-c3ccc4ccc(-c5ccc6ccc(-c7cc8cccnc8c8ncccc78)nc6c5)nc4c3)cc1)c1cccnc12. The lowest BCUT2D eigenvalue weighted by Gasteiger charge is -2.13. The van der Waals surface area contributed by atoms with Gasteiger partial charge in [0.15, 0.2) is 0 Å². The second-order valence-corrected chi connectivity index (χ2v) is 29.9. The highest BCUT2D eigenvalue weighted by atomic mass is 14.8. The minimum absolute atomic E-state index is 0.876. The van der Waals surface area contributed by atoms with E-state index < -0.39 is 0 Å². The minimum Gasteiger partial charge on any atom is -0.254 e. The average molecular weight is 1500 g/mol. The molecule has 12 aromatic heterocycles. The summed E-state index contributed by atoms with van der Waals surface area (Å²) in [6, 6.07) is 119. The molecule has 0 unspecified atom stereocenters. The molecule has 546 valence electrons. The third-order valence-corrected chi connectivity index (χ3v) is 22.9. The Morgan fingerprint density at radius 1 is 0.136 bits per heavy atom. The third kappa shape index (κ3) is 11.8. The van der Waals surface area contributed by atoms with Crippen LogP contribution in [0.15, 0.2) is 377 Å². The van der Waals surface area contributed by atoms with Crippen molar-refractivity contribution in [1.82, 2.24) is 59.8 Å². The molecule has 12 heteroatoms. The van der Waals surface area contributed by atoms with Gasteiger partial charge in [-0.2, -0.15) is 0 Å². The molecular formula is C106H62N12. The Hall–Kier alpha value is -16.2. The van der Waals surface area contributed by atoms with Gasteiger partial charge in [0.25, 0.3) is 0 Å². The molecule has 0 fully saturated rings. The fraction of sp³-hybridized carbons (Fsp3) is 0. The normalized spacial score (nSPS) is 11.7. The largest absolute Gasteiger partial charge is 0.254 e. The van der Waals surface area contributed by atoms with E-state index in [-0.39, 0.29) is 0 Å². The monoisotopic (exact) mass is 1500 g/mol. The van der Waals surface area contributed by atoms with Crippen molar-refractivity contribution in [3.05, 3.63) is 377 Å². The standard InChI is InChI=1S/C58H34N6.C48H28N6/c1-2-8-35(9-3-1)49-27-22-38-16-17-39-23-29-51(64-57(39)56(38)63-49)46-25-24-43(44-11-4-5-12-45(44)46)40-18-14-36-20-26-50(61-53(36)33-40)41-19-15-37-21-28-52(62-54(37)34-41)48-32-42-10-6-30-59-55(42)58-47(48)13-7-31-60-58;1-5-35-25-39(37-7-3-23-51-47(37)45(35)49-21-1)30-11-9-29(10-12-30)33-15-13-31-17-19-41(53-43(31)27-33)34-16-14-32-18-20-42(54-44(32)28-34)40-26-36-6-2-22-50-46(36)48-38(40)8-4-24-52-48/h1-34H;1-28H. The van der Waals surface area contributed by atoms with E-state index in [0.29, 0.717) is 0 Å². The minimum atomic E-state index is 0.876. The molecule has 0 bridgehead atoms. The Labute approximate surface area is 675 Å². The van der Waals surface area contributed by atoms with Crippen LogP contribution in [0.25, 0.3) is 243 Å². The third-order valence-electron chi connectivity index (χ3n) is 22.9. The van der Waals surface area contributed by atoms with E-state index in [9.17, 15) is 0 Å². The van der Waals surface area contributed by atoms with Crippen molar-refractivity contribution in [2.75, 3.05) is 0 Å². The van der Waals surface area contributed by atoms with E-state index in [1.165, 1.54) is 0 Å². The highest BCUT2D eigenvalue weighted by Crippen LogP contribution is 2.42. The van der Waals surface area contributed by atoms with Crippen LogP contribution >= 0.6 is 0 Å². The number of pyridine rings is 12. The Morgan fingerprint density at radius 2 is 0.449 bits per heavy atom. The molecule has 0 aliphatic carbocycles. The lowest BCUT2D eigenvalue weighted by atomic mass is 9.93. The summed E-state index contributed by atoms with van der Waals surface area (Å²) in [5, 5.41) is 15.0. The van der Waals surface area contributed by atoms with E-state index in [1.54, 1.807) is 0 Å². The first-order valence-corrected chi connectivity index (χ1v) is 39.3. The van der Waals surface area contributed by atoms with Gasteiger partial charge < -0.3 is 0 Å². The molecule has 0 amide bonds. The van der Waals surface area contributed by atoms with E-state index in [4.69, 9.17) is 44.9 Å². The zero-order chi connectivity index (χ0) is 77.7. The highest BCUT2D eigenvalue weighted by Gasteiger charge is 2.20. The van der Waals surface area contributed by atoms with Crippen LogP contribution in [0.5, 0.6) is 0 Å². The molecule has 0 saturated carbocycles. The summed E-state index contributed by atoms with van der Waals surface area (Å²) >= 11 is 0. The van der Waals surface area contributed by atoms with Crippen LogP contribution in [0.2, 0.25) is 0 Å². The second kappa shape index (κ2) is 27.9. The molecule has 0 radical (unpaired) electrons. The summed E-state index contributed by atoms with van der Waals surface area (Å²) < 4.78 is 0. The predicted molar refractivity (Wildman–Crippen MR) is 483 cm³/mol. The number of rotatable bonds is 9. The number of hydrogen-bond acceptors (Lipinski definition) is 12. The number of nitrogens with zero attached hydrogens (tertiary/aromatic N) is 12. The molecule has 0 aliphatic heterocycles. The van der Waals surface area contributed by atoms with Crippen molar-refractivity contribution >= 4 is 142 Å². The fourth-order valence-electron chi connectivity index (χ4n) is 17.1. The zero-order valence-corrected chi connectivity index (χ0v) is 63.2. The van der Waals surface area contributed by atoms with Crippen LogP contribution in [-0.2, 0) is 0 Å². The number of fused-ring (bicyclic) bond motifs is 17. The van der Waals surface area contributed by atoms with Gasteiger partial charge in [-0.3, -0.25) is 29.9 Å². The Balaban J connectivity index is 0.000000140. The van der Waals surface area contributed by atoms with Crippen molar-refractivity contribution in [1.29, 1.82) is 0 Å². The van der Waals surface area contributed by atoms with E-state index >= 15 is 0 Å². The van der Waals surface area contributed by atoms with E-state index in [0.717, 1.165) is 243 Å². The van der Waals surface area contributed by atoms with Crippen molar-refractivity contribution in [2.45, 2.75) is 0 Å². The summed E-state index contributed by atoms with van der Waals surface area (Å²) in [5.41, 5.74) is 29.4. The van der Waals surface area contributed by atoms with Crippen molar-refractivity contribution < 1.29 is 0 Å². The number of aromatic nitrogens is 12. The first-order valence-electron chi connectivity index (χ1n) is 39.3. The van der Waals surface area contributed by atoms with Crippen LogP contribution in [0.4, 0.5) is 0 Å². The maximum Gasteiger partial charge on any atom is 0.0972 e. The van der Waals surface area contributed by atoms with Gasteiger partial charge >= 0.3 is 0 Å². The molecule has 24 aromatic rings. The molecule has 0 atom stereocenters. The van der Waals surface area contributed by atoms with Crippen LogP contribution in [0, 0.1) is 0 Å². The lowest BCUT2D eigenvalue weighted by Crippen LogP contribution is -1.92. The molecule has 24 rings (SSSR count). The molecule has 12 heterocycles. The zero-order valence-electron chi connectivity index (χ0n) is 63.2. The maximum absolute atomic E-state index is 5.32. The van der Waals surface area contributed by atoms with E-state index in [2.05, 4.69) is 300 Å².